The van der Waals surface area contributed by atoms with E-state index in [0.717, 1.165) is 12.1 Å². The Bertz CT molecular complexity index is 591. The van der Waals surface area contributed by atoms with Gasteiger partial charge in [-0.2, -0.15) is 13.2 Å². The molecule has 1 N–H and O–H groups in total. The highest BCUT2D eigenvalue weighted by Crippen LogP contribution is 2.32. The minimum atomic E-state index is -5.28. The molecule has 1 rings (SSSR count). The third kappa shape index (κ3) is 3.93. The second kappa shape index (κ2) is 5.63. The molecule has 0 fully saturated rings. The predicted molar refractivity (Wildman–Crippen MR) is 69.9 cm³/mol. The van der Waals surface area contributed by atoms with E-state index in [1.165, 1.54) is 20.8 Å². The maximum absolute atomic E-state index is 13.8. The van der Waals surface area contributed by atoms with Gasteiger partial charge in [0.2, 0.25) is 5.91 Å². The number of amides is 1. The number of alkyl halides is 3. The van der Waals surface area contributed by atoms with E-state index in [9.17, 15) is 27.2 Å². The van der Waals surface area contributed by atoms with Crippen LogP contribution in [0.4, 0.5) is 23.2 Å². The number of ketones is 1. The maximum Gasteiger partial charge on any atom is 0.455 e. The molecule has 21 heavy (non-hydrogen) atoms. The number of anilines is 1. The van der Waals surface area contributed by atoms with Crippen molar-refractivity contribution < 1.29 is 27.2 Å². The van der Waals surface area contributed by atoms with Crippen LogP contribution in [0.3, 0.4) is 0 Å². The molecule has 3 nitrogen and oxygen atoms in total. The minimum Gasteiger partial charge on any atom is -0.325 e. The molecule has 1 amide bonds. The van der Waals surface area contributed by atoms with E-state index in [2.05, 4.69) is 5.32 Å². The summed E-state index contributed by atoms with van der Waals surface area (Å²) >= 11 is 5.40. The number of Topliss-reactive ketones (excluding diaryl/α,β-unsaturated/α-hetero) is 1. The van der Waals surface area contributed by atoms with Crippen molar-refractivity contribution in [1.29, 1.82) is 0 Å². The van der Waals surface area contributed by atoms with Crippen molar-refractivity contribution in [2.75, 3.05) is 5.32 Å². The van der Waals surface area contributed by atoms with Crippen LogP contribution in [0.2, 0.25) is 5.02 Å². The molecule has 1 aromatic carbocycles. The molecule has 116 valence electrons. The number of carbonyl (C=O) groups excluding carboxylic acids is 2. The molecular formula is C13H12ClF4NO2. The highest BCUT2D eigenvalue weighted by molar-refractivity contribution is 6.31. The van der Waals surface area contributed by atoms with E-state index >= 15 is 0 Å². The molecular weight excluding hydrogens is 314 g/mol. The van der Waals surface area contributed by atoms with Crippen molar-refractivity contribution in [2.45, 2.75) is 26.9 Å². The van der Waals surface area contributed by atoms with Gasteiger partial charge in [-0.1, -0.05) is 32.4 Å². The Balaban J connectivity index is 3.38. The lowest BCUT2D eigenvalue weighted by atomic mass is 9.95. The molecule has 0 aliphatic rings. The Kier molecular flexibility index (Phi) is 4.67. The largest absolute Gasteiger partial charge is 0.455 e. The van der Waals surface area contributed by atoms with Crippen LogP contribution in [0.1, 0.15) is 31.1 Å². The van der Waals surface area contributed by atoms with Crippen LogP contribution in [0.5, 0.6) is 0 Å². The summed E-state index contributed by atoms with van der Waals surface area (Å²) in [5.41, 5.74) is -2.80. The van der Waals surface area contributed by atoms with Gasteiger partial charge in [0.15, 0.2) is 5.82 Å². The van der Waals surface area contributed by atoms with E-state index in [4.69, 9.17) is 11.6 Å². The second-order valence-electron chi connectivity index (χ2n) is 5.31. The van der Waals surface area contributed by atoms with E-state index in [-0.39, 0.29) is 0 Å². The number of hydrogen-bond acceptors (Lipinski definition) is 2. The lowest BCUT2D eigenvalue weighted by Crippen LogP contribution is -2.30. The highest BCUT2D eigenvalue weighted by Gasteiger charge is 2.43. The van der Waals surface area contributed by atoms with Gasteiger partial charge >= 0.3 is 6.18 Å². The van der Waals surface area contributed by atoms with Crippen LogP contribution in [0.15, 0.2) is 12.1 Å². The topological polar surface area (TPSA) is 46.2 Å². The van der Waals surface area contributed by atoms with Gasteiger partial charge in [-0.25, -0.2) is 4.39 Å². The Morgan fingerprint density at radius 2 is 1.67 bits per heavy atom. The summed E-state index contributed by atoms with van der Waals surface area (Å²) in [5, 5.41) is 1.47. The predicted octanol–water partition coefficient (Wildman–Crippen LogP) is 4.21. The molecule has 0 saturated heterocycles. The zero-order valence-corrected chi connectivity index (χ0v) is 12.1. The lowest BCUT2D eigenvalue weighted by Gasteiger charge is -2.20. The van der Waals surface area contributed by atoms with Gasteiger partial charge in [-0.15, -0.1) is 0 Å². The van der Waals surface area contributed by atoms with Crippen LogP contribution in [-0.2, 0) is 4.79 Å². The smallest absolute Gasteiger partial charge is 0.325 e. The van der Waals surface area contributed by atoms with E-state index in [1.54, 1.807) is 0 Å². The number of benzene rings is 1. The first kappa shape index (κ1) is 17.4. The zero-order chi connectivity index (χ0) is 16.6. The Labute approximate surface area is 123 Å². The average molecular weight is 326 g/mol. The van der Waals surface area contributed by atoms with E-state index in [0.29, 0.717) is 0 Å². The van der Waals surface area contributed by atoms with Crippen molar-refractivity contribution in [1.82, 2.24) is 0 Å². The summed E-state index contributed by atoms with van der Waals surface area (Å²) in [6.45, 7) is 4.54. The van der Waals surface area contributed by atoms with Crippen molar-refractivity contribution in [2.24, 2.45) is 5.41 Å². The normalized spacial score (nSPS) is 12.2. The lowest BCUT2D eigenvalue weighted by molar-refractivity contribution is -0.123. The fourth-order valence-electron chi connectivity index (χ4n) is 1.33. The first-order chi connectivity index (χ1) is 9.35. The summed E-state index contributed by atoms with van der Waals surface area (Å²) in [6.07, 6.45) is -5.28. The quantitative estimate of drug-likeness (QED) is 0.654. The third-order valence-corrected chi connectivity index (χ3v) is 2.80. The number of rotatable bonds is 2. The molecule has 0 aromatic heterocycles. The Hall–Kier alpha value is -1.63. The summed E-state index contributed by atoms with van der Waals surface area (Å²) in [7, 11) is 0. The van der Waals surface area contributed by atoms with Gasteiger partial charge in [0.25, 0.3) is 5.78 Å². The van der Waals surface area contributed by atoms with Crippen LogP contribution < -0.4 is 5.32 Å². The molecule has 0 aliphatic carbocycles. The third-order valence-electron chi connectivity index (χ3n) is 2.51. The molecule has 0 atom stereocenters. The van der Waals surface area contributed by atoms with Gasteiger partial charge < -0.3 is 5.32 Å². The molecule has 0 bridgehead atoms. The molecule has 0 radical (unpaired) electrons. The maximum atomic E-state index is 13.8. The zero-order valence-electron chi connectivity index (χ0n) is 11.4. The van der Waals surface area contributed by atoms with Crippen molar-refractivity contribution in [3.8, 4) is 0 Å². The molecule has 8 heteroatoms. The van der Waals surface area contributed by atoms with Crippen LogP contribution in [0.25, 0.3) is 0 Å². The summed E-state index contributed by atoms with van der Waals surface area (Å²) in [5.74, 6) is -4.60. The van der Waals surface area contributed by atoms with E-state index < -0.39 is 45.4 Å². The van der Waals surface area contributed by atoms with E-state index in [1.807, 2.05) is 0 Å². The number of carbonyl (C=O) groups is 2. The molecule has 0 heterocycles. The number of hydrogen-bond donors (Lipinski definition) is 1. The highest BCUT2D eigenvalue weighted by atomic mass is 35.5. The molecule has 0 saturated carbocycles. The number of halogens is 5. The first-order valence-electron chi connectivity index (χ1n) is 5.76. The summed E-state index contributed by atoms with van der Waals surface area (Å²) in [4.78, 5) is 23.1. The Morgan fingerprint density at radius 1 is 1.14 bits per heavy atom. The first-order valence-corrected chi connectivity index (χ1v) is 6.14. The van der Waals surface area contributed by atoms with Gasteiger partial charge in [-0.3, -0.25) is 9.59 Å². The summed E-state index contributed by atoms with van der Waals surface area (Å²) in [6, 6.07) is 1.91. The molecule has 0 aliphatic heterocycles. The monoisotopic (exact) mass is 325 g/mol. The van der Waals surface area contributed by atoms with Crippen molar-refractivity contribution >= 4 is 29.0 Å². The van der Waals surface area contributed by atoms with Crippen molar-refractivity contribution in [3.05, 3.63) is 28.5 Å². The minimum absolute atomic E-state index is 0.570. The van der Waals surface area contributed by atoms with Crippen LogP contribution in [0, 0.1) is 11.2 Å². The Morgan fingerprint density at radius 3 is 2.10 bits per heavy atom. The average Bonchev–Trinajstić information content (AvgIpc) is 2.31. The van der Waals surface area contributed by atoms with Gasteiger partial charge in [-0.05, 0) is 12.1 Å². The molecule has 0 unspecified atom stereocenters. The van der Waals surface area contributed by atoms with Gasteiger partial charge in [0, 0.05) is 5.41 Å². The van der Waals surface area contributed by atoms with Crippen LogP contribution >= 0.6 is 11.6 Å². The summed E-state index contributed by atoms with van der Waals surface area (Å²) < 4.78 is 51.4. The second-order valence-corrected chi connectivity index (χ2v) is 5.72. The van der Waals surface area contributed by atoms with Crippen LogP contribution in [-0.4, -0.2) is 17.9 Å². The molecule has 0 spiro atoms. The fraction of sp³-hybridized carbons (Fsp3) is 0.385. The van der Waals surface area contributed by atoms with Gasteiger partial charge in [0.05, 0.1) is 16.3 Å². The number of nitrogens with one attached hydrogen (secondary N) is 1. The standard InChI is InChI=1S/C13H12ClF4NO2/c1-12(2,3)11(21)19-7-5-4-6(14)9(15)8(7)10(20)13(16,17)18/h4-5H,1-3H3,(H,19,21). The van der Waals surface area contributed by atoms with Crippen molar-refractivity contribution in [3.63, 3.8) is 0 Å². The van der Waals surface area contributed by atoms with Gasteiger partial charge in [0.1, 0.15) is 0 Å². The fourth-order valence-corrected chi connectivity index (χ4v) is 1.49. The SMILES string of the molecule is CC(C)(C)C(=O)Nc1ccc(Cl)c(F)c1C(=O)C(F)(F)F. The molecule has 1 aromatic rings.